The third-order valence-electron chi connectivity index (χ3n) is 2.79. The molecular weight excluding hydrogens is 355 g/mol. The van der Waals surface area contributed by atoms with Gasteiger partial charge in [-0.1, -0.05) is 13.0 Å². The van der Waals surface area contributed by atoms with E-state index in [9.17, 15) is 0 Å². The maximum absolute atomic E-state index is 4.40. The standard InChI is InChI=1S/C14H17IN2S/c1-3-6-16-14(12-7-13(15)18-9-12)11-5-4-10(2)17-8-11/h4-5,7-9,14,16H,3,6H2,1-2H3. The highest BCUT2D eigenvalue weighted by Gasteiger charge is 2.14. The maximum atomic E-state index is 4.40. The van der Waals surface area contributed by atoms with Crippen molar-refractivity contribution in [1.82, 2.24) is 10.3 Å². The summed E-state index contributed by atoms with van der Waals surface area (Å²) in [6.45, 7) is 5.23. The summed E-state index contributed by atoms with van der Waals surface area (Å²) >= 11 is 4.16. The molecular formula is C14H17IN2S. The van der Waals surface area contributed by atoms with Crippen LogP contribution < -0.4 is 5.32 Å². The summed E-state index contributed by atoms with van der Waals surface area (Å²) in [4.78, 5) is 4.40. The number of aromatic nitrogens is 1. The summed E-state index contributed by atoms with van der Waals surface area (Å²) in [5.74, 6) is 0. The van der Waals surface area contributed by atoms with Gasteiger partial charge in [-0.15, -0.1) is 11.3 Å². The second kappa shape index (κ2) is 6.63. The van der Waals surface area contributed by atoms with Crippen molar-refractivity contribution in [3.63, 3.8) is 0 Å². The predicted molar refractivity (Wildman–Crippen MR) is 86.1 cm³/mol. The molecule has 0 bridgehead atoms. The molecule has 1 atom stereocenters. The Kier molecular flexibility index (Phi) is 5.14. The number of aryl methyl sites for hydroxylation is 1. The lowest BCUT2D eigenvalue weighted by atomic mass is 10.0. The Morgan fingerprint density at radius 1 is 1.39 bits per heavy atom. The summed E-state index contributed by atoms with van der Waals surface area (Å²) in [6, 6.07) is 6.75. The summed E-state index contributed by atoms with van der Waals surface area (Å²) in [5, 5.41) is 5.83. The van der Waals surface area contributed by atoms with Crippen molar-refractivity contribution >= 4 is 33.9 Å². The number of nitrogens with one attached hydrogen (secondary N) is 1. The van der Waals surface area contributed by atoms with E-state index in [-0.39, 0.29) is 6.04 Å². The molecule has 1 N–H and O–H groups in total. The number of pyridine rings is 1. The Bertz CT molecular complexity index is 493. The Morgan fingerprint density at radius 2 is 2.22 bits per heavy atom. The van der Waals surface area contributed by atoms with Crippen molar-refractivity contribution < 1.29 is 0 Å². The highest BCUT2D eigenvalue weighted by atomic mass is 127. The number of hydrogen-bond donors (Lipinski definition) is 1. The Labute approximate surface area is 126 Å². The van der Waals surface area contributed by atoms with Crippen LogP contribution >= 0.6 is 33.9 Å². The van der Waals surface area contributed by atoms with Crippen LogP contribution in [0.5, 0.6) is 0 Å². The molecule has 1 unspecified atom stereocenters. The van der Waals surface area contributed by atoms with Gasteiger partial charge in [0, 0.05) is 11.9 Å². The molecule has 0 aliphatic heterocycles. The lowest BCUT2D eigenvalue weighted by molar-refractivity contribution is 0.598. The van der Waals surface area contributed by atoms with Crippen LogP contribution in [-0.2, 0) is 0 Å². The van der Waals surface area contributed by atoms with Crippen molar-refractivity contribution in [2.75, 3.05) is 6.54 Å². The van der Waals surface area contributed by atoms with Crippen LogP contribution in [-0.4, -0.2) is 11.5 Å². The van der Waals surface area contributed by atoms with E-state index in [0.717, 1.165) is 18.7 Å². The fourth-order valence-corrected chi connectivity index (χ4v) is 3.24. The van der Waals surface area contributed by atoms with E-state index < -0.39 is 0 Å². The molecule has 2 aromatic rings. The minimum Gasteiger partial charge on any atom is -0.306 e. The zero-order valence-corrected chi connectivity index (χ0v) is 13.6. The van der Waals surface area contributed by atoms with Gasteiger partial charge in [-0.3, -0.25) is 4.98 Å². The van der Waals surface area contributed by atoms with E-state index in [1.54, 1.807) is 11.3 Å². The van der Waals surface area contributed by atoms with Crippen LogP contribution in [0.3, 0.4) is 0 Å². The molecule has 0 saturated carbocycles. The molecule has 0 amide bonds. The van der Waals surface area contributed by atoms with Gasteiger partial charge in [0.25, 0.3) is 0 Å². The van der Waals surface area contributed by atoms with Crippen molar-refractivity contribution in [3.8, 4) is 0 Å². The summed E-state index contributed by atoms with van der Waals surface area (Å²) in [5.41, 5.74) is 3.64. The number of halogens is 1. The highest BCUT2D eigenvalue weighted by molar-refractivity contribution is 14.1. The van der Waals surface area contributed by atoms with Gasteiger partial charge in [-0.25, -0.2) is 0 Å². The lowest BCUT2D eigenvalue weighted by Crippen LogP contribution is -2.22. The van der Waals surface area contributed by atoms with E-state index in [1.807, 2.05) is 13.1 Å². The fraction of sp³-hybridized carbons (Fsp3) is 0.357. The van der Waals surface area contributed by atoms with Crippen molar-refractivity contribution in [2.24, 2.45) is 0 Å². The molecule has 96 valence electrons. The Morgan fingerprint density at radius 3 is 2.78 bits per heavy atom. The quantitative estimate of drug-likeness (QED) is 0.798. The molecule has 0 aliphatic rings. The van der Waals surface area contributed by atoms with Crippen LogP contribution in [0.2, 0.25) is 0 Å². The monoisotopic (exact) mass is 372 g/mol. The van der Waals surface area contributed by atoms with Crippen LogP contribution in [0.25, 0.3) is 0 Å². The third kappa shape index (κ3) is 3.52. The molecule has 0 saturated heterocycles. The molecule has 0 aliphatic carbocycles. The molecule has 0 spiro atoms. The van der Waals surface area contributed by atoms with Crippen LogP contribution in [0.15, 0.2) is 29.8 Å². The maximum Gasteiger partial charge on any atom is 0.0656 e. The van der Waals surface area contributed by atoms with E-state index in [4.69, 9.17) is 0 Å². The van der Waals surface area contributed by atoms with E-state index in [1.165, 1.54) is 14.0 Å². The first kappa shape index (κ1) is 14.0. The van der Waals surface area contributed by atoms with Crippen molar-refractivity contribution in [2.45, 2.75) is 26.3 Å². The minimum atomic E-state index is 0.262. The van der Waals surface area contributed by atoms with E-state index in [2.05, 4.69) is 63.4 Å². The number of thiophene rings is 1. The van der Waals surface area contributed by atoms with Crippen molar-refractivity contribution in [3.05, 3.63) is 49.5 Å². The number of nitrogens with zero attached hydrogens (tertiary/aromatic N) is 1. The SMILES string of the molecule is CCCNC(c1ccc(C)nc1)c1csc(I)c1. The van der Waals surface area contributed by atoms with Crippen LogP contribution in [0.1, 0.15) is 36.2 Å². The van der Waals surface area contributed by atoms with Crippen LogP contribution in [0, 0.1) is 9.81 Å². The second-order valence-electron chi connectivity index (χ2n) is 4.30. The van der Waals surface area contributed by atoms with Gasteiger partial charge in [0.1, 0.15) is 0 Å². The first-order valence-electron chi connectivity index (χ1n) is 6.10. The van der Waals surface area contributed by atoms with Gasteiger partial charge in [-0.2, -0.15) is 0 Å². The van der Waals surface area contributed by atoms with Gasteiger partial charge >= 0.3 is 0 Å². The molecule has 2 rings (SSSR count). The zero-order chi connectivity index (χ0) is 13.0. The molecule has 0 aromatic carbocycles. The van der Waals surface area contributed by atoms with Crippen molar-refractivity contribution in [1.29, 1.82) is 0 Å². The average Bonchev–Trinajstić information content (AvgIpc) is 2.78. The van der Waals surface area contributed by atoms with Gasteiger partial charge in [0.2, 0.25) is 0 Å². The van der Waals surface area contributed by atoms with Gasteiger partial charge in [0.15, 0.2) is 0 Å². The third-order valence-corrected chi connectivity index (χ3v) is 4.59. The molecule has 18 heavy (non-hydrogen) atoms. The summed E-state index contributed by atoms with van der Waals surface area (Å²) < 4.78 is 1.32. The molecule has 2 nitrogen and oxygen atoms in total. The highest BCUT2D eigenvalue weighted by Crippen LogP contribution is 2.27. The fourth-order valence-electron chi connectivity index (χ4n) is 1.84. The number of hydrogen-bond acceptors (Lipinski definition) is 3. The van der Waals surface area contributed by atoms with Gasteiger partial charge in [0.05, 0.1) is 8.93 Å². The molecule has 0 radical (unpaired) electrons. The molecule has 2 aromatic heterocycles. The van der Waals surface area contributed by atoms with Gasteiger partial charge in [-0.05, 0) is 71.1 Å². The molecule has 0 fully saturated rings. The normalized spacial score (nSPS) is 12.6. The summed E-state index contributed by atoms with van der Waals surface area (Å²) in [7, 11) is 0. The first-order chi connectivity index (χ1) is 8.70. The zero-order valence-electron chi connectivity index (χ0n) is 10.6. The lowest BCUT2D eigenvalue weighted by Gasteiger charge is -2.17. The average molecular weight is 372 g/mol. The largest absolute Gasteiger partial charge is 0.306 e. The number of rotatable bonds is 5. The summed E-state index contributed by atoms with van der Waals surface area (Å²) in [6.07, 6.45) is 3.12. The van der Waals surface area contributed by atoms with E-state index in [0.29, 0.717) is 0 Å². The smallest absolute Gasteiger partial charge is 0.0656 e. The molecule has 4 heteroatoms. The Balaban J connectivity index is 2.27. The van der Waals surface area contributed by atoms with E-state index >= 15 is 0 Å². The Hall–Kier alpha value is -0.460. The molecule has 2 heterocycles. The topological polar surface area (TPSA) is 24.9 Å². The predicted octanol–water partition coefficient (Wildman–Crippen LogP) is 4.15. The minimum absolute atomic E-state index is 0.262. The van der Waals surface area contributed by atoms with Gasteiger partial charge < -0.3 is 5.32 Å². The van der Waals surface area contributed by atoms with Crippen LogP contribution in [0.4, 0.5) is 0 Å². The second-order valence-corrected chi connectivity index (χ2v) is 7.11. The first-order valence-corrected chi connectivity index (χ1v) is 8.06.